The molecule has 8 nitrogen and oxygen atoms in total. The first-order valence-electron chi connectivity index (χ1n) is 9.51. The molecule has 0 saturated carbocycles. The highest BCUT2D eigenvalue weighted by atomic mass is 16.6. The quantitative estimate of drug-likeness (QED) is 0.193. The Bertz CT molecular complexity index is 1550. The lowest BCUT2D eigenvalue weighted by atomic mass is 10.1. The largest absolute Gasteiger partial charge is 0.426 e. The number of non-ortho nitro benzene ring substituents is 1. The van der Waals surface area contributed by atoms with Crippen molar-refractivity contribution in [2.75, 3.05) is 0 Å². The number of nitro groups is 1. The van der Waals surface area contributed by atoms with Crippen molar-refractivity contribution in [1.29, 1.82) is 0 Å². The molecule has 31 heavy (non-hydrogen) atoms. The fraction of sp³-hybridized carbons (Fsp3) is 0.0435. The lowest BCUT2D eigenvalue weighted by Gasteiger charge is -2.11. The van der Waals surface area contributed by atoms with Crippen LogP contribution in [0.4, 0.5) is 5.69 Å². The van der Waals surface area contributed by atoms with Crippen LogP contribution in [0.5, 0.6) is 5.75 Å². The maximum absolute atomic E-state index is 13.0. The Morgan fingerprint density at radius 3 is 2.42 bits per heavy atom. The third kappa shape index (κ3) is 3.10. The first-order chi connectivity index (χ1) is 15.0. The molecule has 152 valence electrons. The van der Waals surface area contributed by atoms with Gasteiger partial charge in [0.1, 0.15) is 5.75 Å². The Morgan fingerprint density at radius 2 is 1.65 bits per heavy atom. The van der Waals surface area contributed by atoms with Gasteiger partial charge in [0.15, 0.2) is 0 Å². The third-order valence-corrected chi connectivity index (χ3v) is 5.14. The van der Waals surface area contributed by atoms with Gasteiger partial charge in [-0.25, -0.2) is 9.03 Å². The first kappa shape index (κ1) is 18.6. The monoisotopic (exact) mass is 413 g/mol. The van der Waals surface area contributed by atoms with Gasteiger partial charge in [0.25, 0.3) is 11.2 Å². The van der Waals surface area contributed by atoms with Crippen LogP contribution in [-0.2, 0) is 11.2 Å². The summed E-state index contributed by atoms with van der Waals surface area (Å²) in [4.78, 5) is 36.2. The first-order valence-corrected chi connectivity index (χ1v) is 9.51. The minimum Gasteiger partial charge on any atom is -0.426 e. The molecule has 5 aromatic rings. The molecule has 5 rings (SSSR count). The Hall–Kier alpha value is -4.46. The van der Waals surface area contributed by atoms with Crippen molar-refractivity contribution in [3.63, 3.8) is 0 Å². The van der Waals surface area contributed by atoms with E-state index in [-0.39, 0.29) is 17.5 Å². The molecule has 3 aromatic carbocycles. The van der Waals surface area contributed by atoms with Crippen LogP contribution in [0, 0.1) is 10.1 Å². The number of nitro benzene ring substituents is 1. The average molecular weight is 413 g/mol. The fourth-order valence-corrected chi connectivity index (χ4v) is 3.79. The highest BCUT2D eigenvalue weighted by Gasteiger charge is 2.18. The zero-order chi connectivity index (χ0) is 21.5. The molecule has 0 N–H and O–H groups in total. The predicted molar refractivity (Wildman–Crippen MR) is 115 cm³/mol. The van der Waals surface area contributed by atoms with Crippen LogP contribution in [0.25, 0.3) is 21.8 Å². The summed E-state index contributed by atoms with van der Waals surface area (Å²) >= 11 is 0. The Kier molecular flexibility index (Phi) is 4.25. The van der Waals surface area contributed by atoms with Crippen LogP contribution >= 0.6 is 0 Å². The number of rotatable bonds is 4. The molecule has 0 saturated heterocycles. The zero-order valence-electron chi connectivity index (χ0n) is 16.1. The second-order valence-corrected chi connectivity index (χ2v) is 7.06. The van der Waals surface area contributed by atoms with E-state index in [1.54, 1.807) is 41.0 Å². The summed E-state index contributed by atoms with van der Waals surface area (Å²) in [6.07, 6.45) is 1.54. The summed E-state index contributed by atoms with van der Waals surface area (Å²) in [5.74, 6) is -0.0173. The van der Waals surface area contributed by atoms with E-state index in [1.165, 1.54) is 16.6 Å². The lowest BCUT2D eigenvalue weighted by molar-refractivity contribution is -0.384. The molecule has 0 fully saturated rings. The number of fused-ring (bicyclic) bond motifs is 5. The number of nitrogens with zero attached hydrogens (tertiary/aromatic N) is 3. The number of aromatic nitrogens is 2. The van der Waals surface area contributed by atoms with Crippen LogP contribution in [-0.4, -0.2) is 19.9 Å². The summed E-state index contributed by atoms with van der Waals surface area (Å²) in [7, 11) is 0. The highest BCUT2D eigenvalue weighted by Crippen LogP contribution is 2.25. The SMILES string of the molecule is O=C(Cc1cn2c(=O)c3cc([N+](=O)[O-])ccc3n2c2ccccc12)Oc1ccccc1. The van der Waals surface area contributed by atoms with Crippen molar-refractivity contribution in [3.8, 4) is 5.75 Å². The molecule has 0 aliphatic carbocycles. The molecule has 8 heteroatoms. The summed E-state index contributed by atoms with van der Waals surface area (Å²) in [5, 5.41) is 12.2. The standard InChI is InChI=1S/C23H15N3O5/c27-22(31-17-6-2-1-3-7-17)12-15-14-24-23(28)19-13-16(26(29)30)10-11-21(19)25(24)20-9-5-4-8-18(15)20/h1-11,13-14H,12H2. The molecule has 0 aliphatic rings. The van der Waals surface area contributed by atoms with E-state index in [2.05, 4.69) is 0 Å². The maximum atomic E-state index is 13.0. The zero-order valence-corrected chi connectivity index (χ0v) is 16.1. The maximum Gasteiger partial charge on any atom is 0.315 e. The lowest BCUT2D eigenvalue weighted by Crippen LogP contribution is -2.16. The normalized spacial score (nSPS) is 11.2. The number of ether oxygens (including phenoxy) is 1. The van der Waals surface area contributed by atoms with E-state index in [4.69, 9.17) is 4.74 Å². The number of esters is 1. The molecule has 2 aromatic heterocycles. The number of carbonyl (C=O) groups is 1. The third-order valence-electron chi connectivity index (χ3n) is 5.14. The molecular formula is C23H15N3O5. The van der Waals surface area contributed by atoms with E-state index >= 15 is 0 Å². The van der Waals surface area contributed by atoms with Crippen molar-refractivity contribution in [1.82, 2.24) is 9.03 Å². The van der Waals surface area contributed by atoms with Crippen molar-refractivity contribution in [3.05, 3.63) is 105 Å². The van der Waals surface area contributed by atoms with Gasteiger partial charge in [0, 0.05) is 23.7 Å². The Labute approximate surface area is 174 Å². The molecule has 0 spiro atoms. The minimum atomic E-state index is -0.533. The van der Waals surface area contributed by atoms with Gasteiger partial charge in [-0.3, -0.25) is 19.7 Å². The summed E-state index contributed by atoms with van der Waals surface area (Å²) < 4.78 is 8.48. The average Bonchev–Trinajstić information content (AvgIpc) is 3.06. The van der Waals surface area contributed by atoms with Crippen LogP contribution in [0.15, 0.2) is 83.8 Å². The van der Waals surface area contributed by atoms with E-state index in [0.717, 1.165) is 5.39 Å². The minimum absolute atomic E-state index is 0.0416. The molecule has 0 atom stereocenters. The van der Waals surface area contributed by atoms with Crippen molar-refractivity contribution in [2.45, 2.75) is 6.42 Å². The number of carbonyl (C=O) groups excluding carboxylic acids is 1. The second-order valence-electron chi connectivity index (χ2n) is 7.06. The van der Waals surface area contributed by atoms with Gasteiger partial charge in [-0.2, -0.15) is 0 Å². The summed E-state index contributed by atoms with van der Waals surface area (Å²) in [5.41, 5.74) is 1.31. The van der Waals surface area contributed by atoms with Crippen molar-refractivity contribution >= 4 is 33.5 Å². The van der Waals surface area contributed by atoms with Gasteiger partial charge in [-0.1, -0.05) is 36.4 Å². The van der Waals surface area contributed by atoms with Crippen molar-refractivity contribution in [2.24, 2.45) is 0 Å². The molecule has 0 bridgehead atoms. The predicted octanol–water partition coefficient (Wildman–Crippen LogP) is 3.76. The van der Waals surface area contributed by atoms with Gasteiger partial charge in [0.05, 0.1) is 27.8 Å². The molecule has 2 heterocycles. The van der Waals surface area contributed by atoms with Gasteiger partial charge < -0.3 is 4.74 Å². The summed E-state index contributed by atoms with van der Waals surface area (Å²) in [6.45, 7) is 0. The number of benzene rings is 3. The molecule has 0 radical (unpaired) electrons. The number of hydrogen-bond donors (Lipinski definition) is 0. The van der Waals surface area contributed by atoms with Crippen LogP contribution < -0.4 is 10.3 Å². The van der Waals surface area contributed by atoms with Crippen LogP contribution in [0.3, 0.4) is 0 Å². The molecule has 0 unspecified atom stereocenters. The fourth-order valence-electron chi connectivity index (χ4n) is 3.79. The van der Waals surface area contributed by atoms with E-state index < -0.39 is 16.5 Å². The van der Waals surface area contributed by atoms with E-state index in [0.29, 0.717) is 22.3 Å². The number of hydrogen-bond acceptors (Lipinski definition) is 5. The van der Waals surface area contributed by atoms with E-state index in [1.807, 2.05) is 30.3 Å². The molecule has 0 amide bonds. The Morgan fingerprint density at radius 1 is 0.935 bits per heavy atom. The van der Waals surface area contributed by atoms with E-state index in [9.17, 15) is 19.7 Å². The van der Waals surface area contributed by atoms with Crippen LogP contribution in [0.2, 0.25) is 0 Å². The molecule has 0 aliphatic heterocycles. The van der Waals surface area contributed by atoms with Crippen LogP contribution in [0.1, 0.15) is 5.56 Å². The van der Waals surface area contributed by atoms with Crippen molar-refractivity contribution < 1.29 is 14.5 Å². The topological polar surface area (TPSA) is 95.3 Å². The molecular weight excluding hydrogens is 398 g/mol. The number of para-hydroxylation sites is 2. The van der Waals surface area contributed by atoms with Gasteiger partial charge in [-0.15, -0.1) is 0 Å². The smallest absolute Gasteiger partial charge is 0.315 e. The second kappa shape index (κ2) is 7.10. The van der Waals surface area contributed by atoms with Gasteiger partial charge in [0.2, 0.25) is 0 Å². The van der Waals surface area contributed by atoms with Gasteiger partial charge in [-0.05, 0) is 29.8 Å². The highest BCUT2D eigenvalue weighted by molar-refractivity contribution is 5.91. The van der Waals surface area contributed by atoms with Gasteiger partial charge >= 0.3 is 5.97 Å². The Balaban J connectivity index is 1.69. The summed E-state index contributed by atoms with van der Waals surface area (Å²) in [6, 6.07) is 20.3.